The standard InChI is InChI=1S/C19H25N3O5S/c1-12(2)11-21-13(3)16(18(23)27-9-8-26-4)17(20-19(21)28)14-6-5-7-15(10-14)22(24)25/h5-7,10,12,17H,8-9,11H2,1-4H3,(H,20,28)/t17-/m1/s1. The quantitative estimate of drug-likeness (QED) is 0.231. The first-order valence-electron chi connectivity index (χ1n) is 8.95. The van der Waals surface area contributed by atoms with Crippen LogP contribution in [-0.2, 0) is 14.3 Å². The van der Waals surface area contributed by atoms with Crippen molar-refractivity contribution in [3.8, 4) is 0 Å². The molecule has 0 amide bonds. The molecule has 152 valence electrons. The molecule has 1 atom stereocenters. The van der Waals surface area contributed by atoms with Gasteiger partial charge in [-0.1, -0.05) is 26.0 Å². The van der Waals surface area contributed by atoms with Gasteiger partial charge in [-0.15, -0.1) is 0 Å². The van der Waals surface area contributed by atoms with E-state index in [1.54, 1.807) is 12.1 Å². The zero-order chi connectivity index (χ0) is 20.8. The molecule has 0 saturated heterocycles. The van der Waals surface area contributed by atoms with E-state index in [1.807, 2.05) is 11.8 Å². The molecule has 0 aliphatic carbocycles. The third-order valence-electron chi connectivity index (χ3n) is 4.30. The molecule has 28 heavy (non-hydrogen) atoms. The van der Waals surface area contributed by atoms with Gasteiger partial charge in [-0.25, -0.2) is 4.79 Å². The van der Waals surface area contributed by atoms with E-state index in [2.05, 4.69) is 19.2 Å². The first-order chi connectivity index (χ1) is 13.3. The van der Waals surface area contributed by atoms with Crippen molar-refractivity contribution in [1.82, 2.24) is 10.2 Å². The number of nitrogens with zero attached hydrogens (tertiary/aromatic N) is 2. The Bertz CT molecular complexity index is 794. The van der Waals surface area contributed by atoms with Gasteiger partial charge < -0.3 is 19.7 Å². The summed E-state index contributed by atoms with van der Waals surface area (Å²) in [7, 11) is 1.52. The van der Waals surface area contributed by atoms with Crippen molar-refractivity contribution in [2.45, 2.75) is 26.8 Å². The van der Waals surface area contributed by atoms with Crippen LogP contribution in [-0.4, -0.2) is 47.8 Å². The Morgan fingerprint density at radius 3 is 2.71 bits per heavy atom. The van der Waals surface area contributed by atoms with Crippen molar-refractivity contribution in [3.63, 3.8) is 0 Å². The number of thiocarbonyl (C=S) groups is 1. The Hall–Kier alpha value is -2.52. The lowest BCUT2D eigenvalue weighted by atomic mass is 9.94. The van der Waals surface area contributed by atoms with Gasteiger partial charge in [0.05, 0.1) is 23.1 Å². The van der Waals surface area contributed by atoms with Gasteiger partial charge in [0.15, 0.2) is 5.11 Å². The van der Waals surface area contributed by atoms with Gasteiger partial charge in [-0.3, -0.25) is 10.1 Å². The Balaban J connectivity index is 2.48. The van der Waals surface area contributed by atoms with Crippen LogP contribution in [0.4, 0.5) is 5.69 Å². The van der Waals surface area contributed by atoms with Crippen molar-refractivity contribution in [2.24, 2.45) is 5.92 Å². The predicted octanol–water partition coefficient (Wildman–Crippen LogP) is 2.95. The fourth-order valence-electron chi connectivity index (χ4n) is 2.99. The van der Waals surface area contributed by atoms with Crippen LogP contribution in [0.15, 0.2) is 35.5 Å². The number of benzene rings is 1. The van der Waals surface area contributed by atoms with Crippen LogP contribution in [0.25, 0.3) is 0 Å². The number of nitro groups is 1. The number of methoxy groups -OCH3 is 1. The van der Waals surface area contributed by atoms with Crippen LogP contribution in [0.2, 0.25) is 0 Å². The number of nitro benzene ring substituents is 1. The van der Waals surface area contributed by atoms with Gasteiger partial charge in [-0.05, 0) is 30.6 Å². The van der Waals surface area contributed by atoms with Crippen molar-refractivity contribution < 1.29 is 19.2 Å². The zero-order valence-corrected chi connectivity index (χ0v) is 17.2. The number of rotatable bonds is 8. The average molecular weight is 407 g/mol. The molecule has 0 radical (unpaired) electrons. The maximum Gasteiger partial charge on any atom is 0.338 e. The summed E-state index contributed by atoms with van der Waals surface area (Å²) in [6, 6.07) is 5.52. The summed E-state index contributed by atoms with van der Waals surface area (Å²) in [5.41, 5.74) is 1.57. The molecule has 8 nitrogen and oxygen atoms in total. The number of allylic oxidation sites excluding steroid dienone is 1. The first kappa shape index (κ1) is 21.8. The number of carbonyl (C=O) groups is 1. The molecular formula is C19H25N3O5S. The maximum atomic E-state index is 12.8. The minimum atomic E-state index is -0.633. The summed E-state index contributed by atoms with van der Waals surface area (Å²) in [5.74, 6) is -0.190. The van der Waals surface area contributed by atoms with Crippen LogP contribution in [0.1, 0.15) is 32.4 Å². The van der Waals surface area contributed by atoms with Crippen LogP contribution in [0.3, 0.4) is 0 Å². The number of nitrogens with one attached hydrogen (secondary N) is 1. The second kappa shape index (κ2) is 9.61. The molecule has 1 aromatic rings. The molecule has 1 aliphatic rings. The van der Waals surface area contributed by atoms with Crippen molar-refractivity contribution >= 4 is 29.0 Å². The second-order valence-electron chi connectivity index (χ2n) is 6.87. The summed E-state index contributed by atoms with van der Waals surface area (Å²) in [4.78, 5) is 25.4. The summed E-state index contributed by atoms with van der Waals surface area (Å²) < 4.78 is 10.3. The molecule has 0 spiro atoms. The molecule has 9 heteroatoms. The normalized spacial score (nSPS) is 17.0. The minimum absolute atomic E-state index is 0.0559. The van der Waals surface area contributed by atoms with Gasteiger partial charge in [-0.2, -0.15) is 0 Å². The Morgan fingerprint density at radius 1 is 1.39 bits per heavy atom. The lowest BCUT2D eigenvalue weighted by molar-refractivity contribution is -0.384. The average Bonchev–Trinajstić information content (AvgIpc) is 2.64. The largest absolute Gasteiger partial charge is 0.460 e. The number of carbonyl (C=O) groups excluding carboxylic acids is 1. The molecule has 1 aromatic carbocycles. The third kappa shape index (κ3) is 5.05. The number of ether oxygens (including phenoxy) is 2. The van der Waals surface area contributed by atoms with E-state index in [0.717, 1.165) is 0 Å². The van der Waals surface area contributed by atoms with E-state index >= 15 is 0 Å². The van der Waals surface area contributed by atoms with Crippen molar-refractivity contribution in [2.75, 3.05) is 26.9 Å². The Morgan fingerprint density at radius 2 is 2.11 bits per heavy atom. The fourth-order valence-corrected chi connectivity index (χ4v) is 3.32. The van der Waals surface area contributed by atoms with Gasteiger partial charge in [0.2, 0.25) is 0 Å². The van der Waals surface area contributed by atoms with Gasteiger partial charge >= 0.3 is 5.97 Å². The molecule has 1 heterocycles. The Labute approximate surface area is 169 Å². The van der Waals surface area contributed by atoms with E-state index < -0.39 is 16.9 Å². The molecule has 0 saturated carbocycles. The molecule has 0 fully saturated rings. The van der Waals surface area contributed by atoms with Crippen LogP contribution in [0, 0.1) is 16.0 Å². The molecule has 0 bridgehead atoms. The lowest BCUT2D eigenvalue weighted by Crippen LogP contribution is -2.49. The molecular weight excluding hydrogens is 382 g/mol. The van der Waals surface area contributed by atoms with Crippen LogP contribution >= 0.6 is 12.2 Å². The van der Waals surface area contributed by atoms with Gasteiger partial charge in [0.1, 0.15) is 6.61 Å². The molecule has 0 aromatic heterocycles. The fraction of sp³-hybridized carbons (Fsp3) is 0.474. The highest BCUT2D eigenvalue weighted by molar-refractivity contribution is 7.80. The van der Waals surface area contributed by atoms with E-state index in [-0.39, 0.29) is 18.9 Å². The molecule has 1 N–H and O–H groups in total. The monoisotopic (exact) mass is 407 g/mol. The molecule has 2 rings (SSSR count). The highest BCUT2D eigenvalue weighted by Gasteiger charge is 2.35. The first-order valence-corrected chi connectivity index (χ1v) is 9.36. The molecule has 0 unspecified atom stereocenters. The van der Waals surface area contributed by atoms with E-state index in [4.69, 9.17) is 21.7 Å². The van der Waals surface area contributed by atoms with E-state index in [9.17, 15) is 14.9 Å². The smallest absolute Gasteiger partial charge is 0.338 e. The third-order valence-corrected chi connectivity index (χ3v) is 4.64. The number of hydrogen-bond donors (Lipinski definition) is 1. The summed E-state index contributed by atoms with van der Waals surface area (Å²) in [6.45, 7) is 6.95. The van der Waals surface area contributed by atoms with Crippen molar-refractivity contribution in [1.29, 1.82) is 0 Å². The number of hydrogen-bond acceptors (Lipinski definition) is 6. The SMILES string of the molecule is COCCOC(=O)C1=C(C)N(CC(C)C)C(=S)N[C@@H]1c1cccc([N+](=O)[O-])c1. The minimum Gasteiger partial charge on any atom is -0.460 e. The summed E-state index contributed by atoms with van der Waals surface area (Å²) in [6.07, 6.45) is 0. The number of esters is 1. The lowest BCUT2D eigenvalue weighted by Gasteiger charge is -2.38. The highest BCUT2D eigenvalue weighted by Crippen LogP contribution is 2.33. The topological polar surface area (TPSA) is 93.9 Å². The van der Waals surface area contributed by atoms with Gasteiger partial charge in [0.25, 0.3) is 5.69 Å². The zero-order valence-electron chi connectivity index (χ0n) is 16.4. The number of non-ortho nitro benzene ring substituents is 1. The maximum absolute atomic E-state index is 12.8. The predicted molar refractivity (Wildman–Crippen MR) is 109 cm³/mol. The highest BCUT2D eigenvalue weighted by atomic mass is 32.1. The summed E-state index contributed by atoms with van der Waals surface area (Å²) >= 11 is 5.50. The summed E-state index contributed by atoms with van der Waals surface area (Å²) in [5, 5.41) is 14.8. The van der Waals surface area contributed by atoms with E-state index in [1.165, 1.54) is 19.2 Å². The van der Waals surface area contributed by atoms with Crippen molar-refractivity contribution in [3.05, 3.63) is 51.2 Å². The molecule has 1 aliphatic heterocycles. The second-order valence-corrected chi connectivity index (χ2v) is 7.25. The van der Waals surface area contributed by atoms with Crippen LogP contribution in [0.5, 0.6) is 0 Å². The van der Waals surface area contributed by atoms with E-state index in [0.29, 0.717) is 34.4 Å². The van der Waals surface area contributed by atoms with Crippen LogP contribution < -0.4 is 5.32 Å². The van der Waals surface area contributed by atoms with Gasteiger partial charge in [0, 0.05) is 31.5 Å². The Kier molecular flexibility index (Phi) is 7.47.